The van der Waals surface area contributed by atoms with E-state index in [1.54, 1.807) is 11.0 Å². The van der Waals surface area contributed by atoms with E-state index in [-0.39, 0.29) is 12.6 Å². The van der Waals surface area contributed by atoms with Crippen molar-refractivity contribution in [2.45, 2.75) is 32.2 Å². The number of anilines is 1. The van der Waals surface area contributed by atoms with E-state index in [2.05, 4.69) is 25.9 Å². The minimum absolute atomic E-state index is 0.231. The van der Waals surface area contributed by atoms with Crippen molar-refractivity contribution >= 4 is 11.7 Å². The monoisotopic (exact) mass is 338 g/mol. The van der Waals surface area contributed by atoms with Crippen LogP contribution in [0.25, 0.3) is 5.69 Å². The lowest BCUT2D eigenvalue weighted by Gasteiger charge is -2.06. The molecule has 0 bridgehead atoms. The molecule has 8 nitrogen and oxygen atoms in total. The molecule has 1 aromatic carbocycles. The van der Waals surface area contributed by atoms with Crippen LogP contribution < -0.4 is 10.6 Å². The Morgan fingerprint density at radius 1 is 1.32 bits per heavy atom. The molecule has 1 saturated carbocycles. The second-order valence-electron chi connectivity index (χ2n) is 6.03. The molecule has 128 valence electrons. The van der Waals surface area contributed by atoms with E-state index in [1.807, 2.05) is 37.3 Å². The summed E-state index contributed by atoms with van der Waals surface area (Å²) in [5.74, 6) is 1.67. The maximum Gasteiger partial charge on any atom is 0.319 e. The zero-order chi connectivity index (χ0) is 17.2. The number of aromatic nitrogens is 4. The zero-order valence-electron chi connectivity index (χ0n) is 13.8. The van der Waals surface area contributed by atoms with E-state index in [9.17, 15) is 4.79 Å². The highest BCUT2D eigenvalue weighted by molar-refractivity contribution is 5.90. The van der Waals surface area contributed by atoms with Crippen LogP contribution in [0.15, 0.2) is 41.2 Å². The first kappa shape index (κ1) is 15.4. The van der Waals surface area contributed by atoms with E-state index in [0.29, 0.717) is 23.1 Å². The molecule has 1 aliphatic rings. The van der Waals surface area contributed by atoms with E-state index in [0.717, 1.165) is 24.3 Å². The van der Waals surface area contributed by atoms with Gasteiger partial charge in [0.25, 0.3) is 0 Å². The number of para-hydroxylation sites is 1. The van der Waals surface area contributed by atoms with Crippen molar-refractivity contribution in [2.24, 2.45) is 0 Å². The number of carbonyl (C=O) groups is 1. The van der Waals surface area contributed by atoms with E-state index >= 15 is 0 Å². The van der Waals surface area contributed by atoms with Gasteiger partial charge in [0.05, 0.1) is 12.2 Å². The van der Waals surface area contributed by atoms with Gasteiger partial charge in [0.15, 0.2) is 11.6 Å². The fraction of sp³-hybridized carbons (Fsp3) is 0.294. The summed E-state index contributed by atoms with van der Waals surface area (Å²) in [6, 6.07) is 9.35. The number of amides is 2. The lowest BCUT2D eigenvalue weighted by atomic mass is 10.2. The molecule has 4 rings (SSSR count). The summed E-state index contributed by atoms with van der Waals surface area (Å²) in [4.78, 5) is 16.4. The standard InChI is InChI=1S/C17H18N6O2/c1-11-15(16(25-22-11)12-7-8-12)20-17(24)18-9-14-19-10-23(21-14)13-5-3-2-4-6-13/h2-6,10,12H,7-9H2,1H3,(H2,18,20,24). The van der Waals surface area contributed by atoms with Crippen molar-refractivity contribution < 1.29 is 9.32 Å². The Kier molecular flexibility index (Phi) is 3.93. The van der Waals surface area contributed by atoms with Crippen molar-refractivity contribution in [3.63, 3.8) is 0 Å². The number of urea groups is 1. The van der Waals surface area contributed by atoms with Gasteiger partial charge in [0, 0.05) is 5.92 Å². The molecule has 1 fully saturated rings. The first-order valence-electron chi connectivity index (χ1n) is 8.17. The smallest absolute Gasteiger partial charge is 0.319 e. The fourth-order valence-corrected chi connectivity index (χ4v) is 2.56. The third-order valence-electron chi connectivity index (χ3n) is 4.04. The maximum absolute atomic E-state index is 12.2. The zero-order valence-corrected chi connectivity index (χ0v) is 13.8. The van der Waals surface area contributed by atoms with E-state index < -0.39 is 0 Å². The van der Waals surface area contributed by atoms with Crippen LogP contribution in [-0.2, 0) is 6.54 Å². The van der Waals surface area contributed by atoms with Gasteiger partial charge < -0.3 is 15.2 Å². The molecule has 2 amide bonds. The molecule has 8 heteroatoms. The predicted molar refractivity (Wildman–Crippen MR) is 90.4 cm³/mol. The number of benzene rings is 1. The van der Waals surface area contributed by atoms with Crippen LogP contribution in [0, 0.1) is 6.92 Å². The Morgan fingerprint density at radius 3 is 2.88 bits per heavy atom. The lowest BCUT2D eigenvalue weighted by Crippen LogP contribution is -2.29. The summed E-state index contributed by atoms with van der Waals surface area (Å²) in [7, 11) is 0. The molecular formula is C17H18N6O2. The number of hydrogen-bond acceptors (Lipinski definition) is 5. The van der Waals surface area contributed by atoms with Gasteiger partial charge in [0.2, 0.25) is 0 Å². The third-order valence-corrected chi connectivity index (χ3v) is 4.04. The van der Waals surface area contributed by atoms with Crippen molar-refractivity contribution in [1.29, 1.82) is 0 Å². The molecule has 3 aromatic rings. The molecule has 0 aliphatic heterocycles. The Balaban J connectivity index is 1.37. The average molecular weight is 338 g/mol. The number of hydrogen-bond donors (Lipinski definition) is 2. The molecule has 0 spiro atoms. The second kappa shape index (κ2) is 6.39. The summed E-state index contributed by atoms with van der Waals surface area (Å²) >= 11 is 0. The minimum atomic E-state index is -0.329. The van der Waals surface area contributed by atoms with Crippen molar-refractivity contribution in [2.75, 3.05) is 5.32 Å². The minimum Gasteiger partial charge on any atom is -0.359 e. The SMILES string of the molecule is Cc1noc(C2CC2)c1NC(=O)NCc1ncn(-c2ccccc2)n1. The van der Waals surface area contributed by atoms with Crippen LogP contribution >= 0.6 is 0 Å². The second-order valence-corrected chi connectivity index (χ2v) is 6.03. The van der Waals surface area contributed by atoms with Crippen LogP contribution in [0.4, 0.5) is 10.5 Å². The molecule has 1 aliphatic carbocycles. The predicted octanol–water partition coefficient (Wildman–Crippen LogP) is 2.76. The van der Waals surface area contributed by atoms with Gasteiger partial charge in [-0.15, -0.1) is 5.10 Å². The summed E-state index contributed by atoms with van der Waals surface area (Å²) in [5, 5.41) is 13.9. The first-order chi connectivity index (χ1) is 12.2. The molecule has 2 heterocycles. The quantitative estimate of drug-likeness (QED) is 0.745. The number of aryl methyl sites for hydroxylation is 1. The molecule has 0 unspecified atom stereocenters. The van der Waals surface area contributed by atoms with Gasteiger partial charge in [-0.3, -0.25) is 0 Å². The number of rotatable bonds is 5. The molecule has 0 atom stereocenters. The Hall–Kier alpha value is -3.16. The van der Waals surface area contributed by atoms with Crippen molar-refractivity contribution in [3.8, 4) is 5.69 Å². The van der Waals surface area contributed by atoms with Crippen molar-refractivity contribution in [3.05, 3.63) is 53.9 Å². The molecule has 0 saturated heterocycles. The van der Waals surface area contributed by atoms with Crippen LogP contribution in [-0.4, -0.2) is 26.0 Å². The van der Waals surface area contributed by atoms with Gasteiger partial charge in [-0.2, -0.15) is 0 Å². The number of carbonyl (C=O) groups excluding carboxylic acids is 1. The van der Waals surface area contributed by atoms with Gasteiger partial charge in [-0.1, -0.05) is 23.4 Å². The van der Waals surface area contributed by atoms with Crippen LogP contribution in [0.2, 0.25) is 0 Å². The van der Waals surface area contributed by atoms with Crippen LogP contribution in [0.1, 0.15) is 36.0 Å². The normalized spacial score (nSPS) is 13.6. The molecule has 0 radical (unpaired) electrons. The number of nitrogens with one attached hydrogen (secondary N) is 2. The Bertz CT molecular complexity index is 882. The fourth-order valence-electron chi connectivity index (χ4n) is 2.56. The Morgan fingerprint density at radius 2 is 2.12 bits per heavy atom. The van der Waals surface area contributed by atoms with Gasteiger partial charge in [-0.05, 0) is 31.9 Å². The summed E-state index contributed by atoms with van der Waals surface area (Å²) in [5.41, 5.74) is 2.27. The lowest BCUT2D eigenvalue weighted by molar-refractivity contribution is 0.251. The first-order valence-corrected chi connectivity index (χ1v) is 8.17. The molecule has 2 aromatic heterocycles. The highest BCUT2D eigenvalue weighted by Crippen LogP contribution is 2.44. The van der Waals surface area contributed by atoms with Crippen LogP contribution in [0.3, 0.4) is 0 Å². The average Bonchev–Trinajstić information content (AvgIpc) is 3.25. The topological polar surface area (TPSA) is 97.9 Å². The summed E-state index contributed by atoms with van der Waals surface area (Å²) in [6.45, 7) is 2.04. The summed E-state index contributed by atoms with van der Waals surface area (Å²) < 4.78 is 6.99. The highest BCUT2D eigenvalue weighted by atomic mass is 16.5. The van der Waals surface area contributed by atoms with E-state index in [1.165, 1.54) is 0 Å². The summed E-state index contributed by atoms with van der Waals surface area (Å²) in [6.07, 6.45) is 3.77. The van der Waals surface area contributed by atoms with E-state index in [4.69, 9.17) is 4.52 Å². The number of nitrogens with zero attached hydrogens (tertiary/aromatic N) is 4. The molecular weight excluding hydrogens is 320 g/mol. The highest BCUT2D eigenvalue weighted by Gasteiger charge is 2.32. The van der Waals surface area contributed by atoms with Gasteiger partial charge >= 0.3 is 6.03 Å². The maximum atomic E-state index is 12.2. The van der Waals surface area contributed by atoms with Gasteiger partial charge in [-0.25, -0.2) is 14.5 Å². The van der Waals surface area contributed by atoms with Crippen molar-refractivity contribution in [1.82, 2.24) is 25.2 Å². The van der Waals surface area contributed by atoms with Crippen LogP contribution in [0.5, 0.6) is 0 Å². The third kappa shape index (κ3) is 3.37. The molecule has 25 heavy (non-hydrogen) atoms. The van der Waals surface area contributed by atoms with Gasteiger partial charge in [0.1, 0.15) is 17.7 Å². The largest absolute Gasteiger partial charge is 0.359 e. The Labute approximate surface area is 144 Å². The molecule has 2 N–H and O–H groups in total.